The van der Waals surface area contributed by atoms with Crippen molar-refractivity contribution >= 4 is 0 Å². The van der Waals surface area contributed by atoms with Crippen molar-refractivity contribution in [3.63, 3.8) is 0 Å². The molecule has 0 saturated heterocycles. The van der Waals surface area contributed by atoms with Gasteiger partial charge in [0.15, 0.2) is 0 Å². The molecule has 114 valence electrons. The van der Waals surface area contributed by atoms with E-state index < -0.39 is 0 Å². The second kappa shape index (κ2) is 8.28. The third-order valence-electron chi connectivity index (χ3n) is 3.57. The summed E-state index contributed by atoms with van der Waals surface area (Å²) in [5, 5.41) is 3.41. The van der Waals surface area contributed by atoms with Gasteiger partial charge in [0.25, 0.3) is 0 Å². The molecular weight excluding hydrogens is 250 g/mol. The Morgan fingerprint density at radius 1 is 1.20 bits per heavy atom. The van der Waals surface area contributed by atoms with E-state index in [0.29, 0.717) is 6.61 Å². The van der Waals surface area contributed by atoms with Crippen LogP contribution in [0.1, 0.15) is 38.3 Å². The smallest absolute Gasteiger partial charge is 0.123 e. The van der Waals surface area contributed by atoms with Crippen molar-refractivity contribution in [1.29, 1.82) is 0 Å². The highest BCUT2D eigenvalue weighted by Gasteiger charge is 2.24. The maximum absolute atomic E-state index is 5.78. The van der Waals surface area contributed by atoms with Gasteiger partial charge in [-0.2, -0.15) is 0 Å². The number of aryl methyl sites for hydroxylation is 1. The van der Waals surface area contributed by atoms with Crippen LogP contribution in [0.3, 0.4) is 0 Å². The summed E-state index contributed by atoms with van der Waals surface area (Å²) in [6.45, 7) is 12.1. The first kappa shape index (κ1) is 17.0. The molecule has 0 aliphatic heterocycles. The SMILES string of the molecule is CCOc1ccc(C)cc1C(C)(C)CCNCCOC. The summed E-state index contributed by atoms with van der Waals surface area (Å²) in [6, 6.07) is 6.45. The molecule has 1 rings (SSSR count). The van der Waals surface area contributed by atoms with Gasteiger partial charge in [-0.05, 0) is 38.3 Å². The summed E-state index contributed by atoms with van der Waals surface area (Å²) in [7, 11) is 1.73. The van der Waals surface area contributed by atoms with Crippen molar-refractivity contribution in [3.8, 4) is 5.75 Å². The second-order valence-corrected chi connectivity index (χ2v) is 5.81. The zero-order valence-electron chi connectivity index (χ0n) is 13.6. The van der Waals surface area contributed by atoms with Gasteiger partial charge in [-0.1, -0.05) is 31.5 Å². The van der Waals surface area contributed by atoms with Crippen molar-refractivity contribution < 1.29 is 9.47 Å². The molecule has 20 heavy (non-hydrogen) atoms. The molecule has 0 saturated carbocycles. The molecule has 1 N–H and O–H groups in total. The van der Waals surface area contributed by atoms with Gasteiger partial charge in [-0.3, -0.25) is 0 Å². The van der Waals surface area contributed by atoms with Crippen LogP contribution in [0.2, 0.25) is 0 Å². The standard InChI is InChI=1S/C17H29NO2/c1-6-20-16-8-7-14(2)13-15(16)17(3,4)9-10-18-11-12-19-5/h7-8,13,18H,6,9-12H2,1-5H3. The van der Waals surface area contributed by atoms with E-state index in [1.54, 1.807) is 7.11 Å². The highest BCUT2D eigenvalue weighted by atomic mass is 16.5. The van der Waals surface area contributed by atoms with Crippen LogP contribution in [0.25, 0.3) is 0 Å². The molecule has 0 spiro atoms. The van der Waals surface area contributed by atoms with E-state index in [1.165, 1.54) is 11.1 Å². The van der Waals surface area contributed by atoms with E-state index >= 15 is 0 Å². The fourth-order valence-electron chi connectivity index (χ4n) is 2.29. The number of hydrogen-bond acceptors (Lipinski definition) is 3. The van der Waals surface area contributed by atoms with Crippen molar-refractivity contribution in [1.82, 2.24) is 5.32 Å². The van der Waals surface area contributed by atoms with E-state index in [1.807, 2.05) is 6.92 Å². The molecule has 0 bridgehead atoms. The van der Waals surface area contributed by atoms with Crippen LogP contribution in [0, 0.1) is 6.92 Å². The minimum absolute atomic E-state index is 0.0938. The lowest BCUT2D eigenvalue weighted by Gasteiger charge is -2.28. The molecule has 0 heterocycles. The Hall–Kier alpha value is -1.06. The molecular formula is C17H29NO2. The Labute approximate surface area is 123 Å². The minimum atomic E-state index is 0.0938. The lowest BCUT2D eigenvalue weighted by atomic mass is 9.80. The van der Waals surface area contributed by atoms with Gasteiger partial charge in [0.1, 0.15) is 5.75 Å². The average molecular weight is 279 g/mol. The van der Waals surface area contributed by atoms with E-state index in [9.17, 15) is 0 Å². The molecule has 0 aromatic heterocycles. The third kappa shape index (κ3) is 5.14. The van der Waals surface area contributed by atoms with Crippen LogP contribution in [0.15, 0.2) is 18.2 Å². The Bertz CT molecular complexity index is 402. The van der Waals surface area contributed by atoms with E-state index in [0.717, 1.165) is 31.9 Å². The van der Waals surface area contributed by atoms with Gasteiger partial charge in [-0.15, -0.1) is 0 Å². The van der Waals surface area contributed by atoms with Crippen molar-refractivity contribution in [2.75, 3.05) is 33.4 Å². The lowest BCUT2D eigenvalue weighted by molar-refractivity contribution is 0.198. The molecule has 0 aliphatic rings. The number of ether oxygens (including phenoxy) is 2. The number of benzene rings is 1. The Balaban J connectivity index is 2.71. The van der Waals surface area contributed by atoms with E-state index in [-0.39, 0.29) is 5.41 Å². The molecule has 0 radical (unpaired) electrons. The first-order valence-electron chi connectivity index (χ1n) is 7.45. The maximum Gasteiger partial charge on any atom is 0.123 e. The highest BCUT2D eigenvalue weighted by Crippen LogP contribution is 2.34. The van der Waals surface area contributed by atoms with Gasteiger partial charge in [-0.25, -0.2) is 0 Å². The highest BCUT2D eigenvalue weighted by molar-refractivity contribution is 5.41. The predicted molar refractivity (Wildman–Crippen MR) is 84.7 cm³/mol. The largest absolute Gasteiger partial charge is 0.494 e. The molecule has 0 atom stereocenters. The number of nitrogens with one attached hydrogen (secondary N) is 1. The first-order chi connectivity index (χ1) is 9.51. The molecule has 1 aromatic rings. The first-order valence-corrected chi connectivity index (χ1v) is 7.45. The maximum atomic E-state index is 5.78. The zero-order valence-corrected chi connectivity index (χ0v) is 13.6. The van der Waals surface area contributed by atoms with E-state index in [4.69, 9.17) is 9.47 Å². The topological polar surface area (TPSA) is 30.5 Å². The third-order valence-corrected chi connectivity index (χ3v) is 3.57. The van der Waals surface area contributed by atoms with Gasteiger partial charge < -0.3 is 14.8 Å². The fourth-order valence-corrected chi connectivity index (χ4v) is 2.29. The summed E-state index contributed by atoms with van der Waals surface area (Å²) >= 11 is 0. The van der Waals surface area contributed by atoms with Crippen LogP contribution >= 0.6 is 0 Å². The molecule has 1 aromatic carbocycles. The summed E-state index contributed by atoms with van der Waals surface area (Å²) in [5.41, 5.74) is 2.67. The summed E-state index contributed by atoms with van der Waals surface area (Å²) in [4.78, 5) is 0. The van der Waals surface area contributed by atoms with Gasteiger partial charge >= 0.3 is 0 Å². The Kier molecular flexibility index (Phi) is 7.03. The Morgan fingerprint density at radius 3 is 2.60 bits per heavy atom. The van der Waals surface area contributed by atoms with Gasteiger partial charge in [0.2, 0.25) is 0 Å². The minimum Gasteiger partial charge on any atom is -0.494 e. The number of rotatable bonds is 9. The van der Waals surface area contributed by atoms with Crippen molar-refractivity contribution in [3.05, 3.63) is 29.3 Å². The van der Waals surface area contributed by atoms with Gasteiger partial charge in [0, 0.05) is 19.2 Å². The second-order valence-electron chi connectivity index (χ2n) is 5.81. The average Bonchev–Trinajstić information content (AvgIpc) is 2.40. The molecule has 3 nitrogen and oxygen atoms in total. The quantitative estimate of drug-likeness (QED) is 0.704. The van der Waals surface area contributed by atoms with Crippen LogP contribution in [0.5, 0.6) is 5.75 Å². The summed E-state index contributed by atoms with van der Waals surface area (Å²) in [6.07, 6.45) is 1.07. The van der Waals surface area contributed by atoms with Gasteiger partial charge in [0.05, 0.1) is 13.2 Å². The van der Waals surface area contributed by atoms with Crippen molar-refractivity contribution in [2.45, 2.75) is 39.5 Å². The molecule has 3 heteroatoms. The number of methoxy groups -OCH3 is 1. The monoisotopic (exact) mass is 279 g/mol. The molecule has 0 fully saturated rings. The molecule has 0 unspecified atom stereocenters. The Morgan fingerprint density at radius 2 is 1.95 bits per heavy atom. The zero-order chi connectivity index (χ0) is 15.0. The van der Waals surface area contributed by atoms with Crippen LogP contribution in [-0.4, -0.2) is 33.4 Å². The summed E-state index contributed by atoms with van der Waals surface area (Å²) < 4.78 is 10.8. The van der Waals surface area contributed by atoms with E-state index in [2.05, 4.69) is 44.3 Å². The van der Waals surface area contributed by atoms with Crippen LogP contribution < -0.4 is 10.1 Å². The van der Waals surface area contributed by atoms with Crippen molar-refractivity contribution in [2.24, 2.45) is 0 Å². The lowest BCUT2D eigenvalue weighted by Crippen LogP contribution is -2.28. The predicted octanol–water partition coefficient (Wildman–Crippen LogP) is 3.30. The normalized spacial score (nSPS) is 11.7. The van der Waals surface area contributed by atoms with Crippen LogP contribution in [0.4, 0.5) is 0 Å². The molecule has 0 aliphatic carbocycles. The summed E-state index contributed by atoms with van der Waals surface area (Å²) in [5.74, 6) is 1.01. The molecule has 0 amide bonds. The van der Waals surface area contributed by atoms with Crippen LogP contribution in [-0.2, 0) is 10.2 Å². The number of hydrogen-bond donors (Lipinski definition) is 1. The fraction of sp³-hybridized carbons (Fsp3) is 0.647.